The molecule has 30 heavy (non-hydrogen) atoms. The van der Waals surface area contributed by atoms with Gasteiger partial charge in [0.05, 0.1) is 26.9 Å². The molecule has 0 atom stereocenters. The van der Waals surface area contributed by atoms with E-state index in [1.807, 2.05) is 39.0 Å². The van der Waals surface area contributed by atoms with Crippen LogP contribution < -0.4 is 24.8 Å². The number of hydrogen-bond donors (Lipinski definition) is 3. The minimum Gasteiger partial charge on any atom is -0.504 e. The second-order valence-electron chi connectivity index (χ2n) is 6.53. The molecule has 2 rings (SSSR count). The number of phenolic OH excluding ortho intramolecular Hbond substituents is 1. The van der Waals surface area contributed by atoms with Gasteiger partial charge >= 0.3 is 0 Å². The monoisotopic (exact) mass is 415 g/mol. The Balaban J connectivity index is 1.96. The quantitative estimate of drug-likeness (QED) is 0.385. The molecule has 0 heterocycles. The number of hydrogen-bond acceptors (Lipinski definition) is 5. The van der Waals surface area contributed by atoms with Crippen molar-refractivity contribution in [3.05, 3.63) is 47.5 Å². The van der Waals surface area contributed by atoms with Gasteiger partial charge in [0.25, 0.3) is 0 Å². The molecule has 0 bridgehead atoms. The Morgan fingerprint density at radius 2 is 1.60 bits per heavy atom. The molecule has 0 aliphatic heterocycles. The van der Waals surface area contributed by atoms with Crippen molar-refractivity contribution in [3.8, 4) is 23.0 Å². The van der Waals surface area contributed by atoms with Gasteiger partial charge in [0.1, 0.15) is 0 Å². The van der Waals surface area contributed by atoms with Gasteiger partial charge in [-0.1, -0.05) is 12.1 Å². The lowest BCUT2D eigenvalue weighted by Crippen LogP contribution is -2.38. The number of benzene rings is 2. The highest BCUT2D eigenvalue weighted by Crippen LogP contribution is 2.29. The van der Waals surface area contributed by atoms with E-state index >= 15 is 0 Å². The second-order valence-corrected chi connectivity index (χ2v) is 6.53. The zero-order valence-electron chi connectivity index (χ0n) is 18.3. The van der Waals surface area contributed by atoms with Crippen LogP contribution in [0.25, 0.3) is 0 Å². The Kier molecular flexibility index (Phi) is 9.64. The summed E-state index contributed by atoms with van der Waals surface area (Å²) >= 11 is 0. The minimum atomic E-state index is 0.115. The van der Waals surface area contributed by atoms with E-state index in [1.54, 1.807) is 12.1 Å². The maximum atomic E-state index is 9.92. The zero-order valence-corrected chi connectivity index (χ0v) is 18.3. The average Bonchev–Trinajstić information content (AvgIpc) is 2.74. The van der Waals surface area contributed by atoms with Crippen LogP contribution in [0.1, 0.15) is 31.9 Å². The van der Waals surface area contributed by atoms with Gasteiger partial charge in [0.15, 0.2) is 29.0 Å². The molecule has 164 valence electrons. The molecule has 0 aromatic heterocycles. The van der Waals surface area contributed by atoms with Gasteiger partial charge in [0, 0.05) is 13.1 Å². The van der Waals surface area contributed by atoms with Crippen LogP contribution in [0, 0.1) is 0 Å². The Hall–Kier alpha value is -3.09. The normalized spacial score (nSPS) is 11.1. The second kappa shape index (κ2) is 12.5. The summed E-state index contributed by atoms with van der Waals surface area (Å²) < 4.78 is 16.4. The van der Waals surface area contributed by atoms with Crippen molar-refractivity contribution < 1.29 is 19.3 Å². The lowest BCUT2D eigenvalue weighted by Gasteiger charge is -2.14. The van der Waals surface area contributed by atoms with Crippen molar-refractivity contribution in [2.75, 3.05) is 33.4 Å². The standard InChI is InChI=1S/C23H33N3O4/c1-5-24-23(26-16-18-9-10-20(28-4)19(27)14-18)25-13-12-17-8-11-21(29-6-2)22(15-17)30-7-3/h8-11,14-15,27H,5-7,12-13,16H2,1-4H3,(H2,24,25,26). The number of aliphatic imine (C=N–C) groups is 1. The number of nitrogens with one attached hydrogen (secondary N) is 2. The van der Waals surface area contributed by atoms with Gasteiger partial charge < -0.3 is 30.0 Å². The summed E-state index contributed by atoms with van der Waals surface area (Å²) in [4.78, 5) is 4.59. The topological polar surface area (TPSA) is 84.3 Å². The largest absolute Gasteiger partial charge is 0.504 e. The zero-order chi connectivity index (χ0) is 21.8. The number of guanidine groups is 1. The maximum Gasteiger partial charge on any atom is 0.191 e. The van der Waals surface area contributed by atoms with Crippen LogP contribution in [0.3, 0.4) is 0 Å². The fourth-order valence-corrected chi connectivity index (χ4v) is 2.92. The van der Waals surface area contributed by atoms with Crippen molar-refractivity contribution in [2.24, 2.45) is 4.99 Å². The smallest absolute Gasteiger partial charge is 0.191 e. The molecule has 0 unspecified atom stereocenters. The van der Waals surface area contributed by atoms with E-state index in [9.17, 15) is 5.11 Å². The van der Waals surface area contributed by atoms with Crippen LogP contribution in [0.5, 0.6) is 23.0 Å². The molecule has 3 N–H and O–H groups in total. The summed E-state index contributed by atoms with van der Waals surface area (Å²) in [5, 5.41) is 16.5. The molecule has 0 amide bonds. The summed E-state index contributed by atoms with van der Waals surface area (Å²) in [6.45, 7) is 9.08. The highest BCUT2D eigenvalue weighted by atomic mass is 16.5. The Bertz CT molecular complexity index is 824. The number of nitrogens with zero attached hydrogens (tertiary/aromatic N) is 1. The summed E-state index contributed by atoms with van der Waals surface area (Å²) in [6.07, 6.45) is 0.820. The molecule has 0 fully saturated rings. The van der Waals surface area contributed by atoms with Gasteiger partial charge in [-0.2, -0.15) is 0 Å². The van der Waals surface area contributed by atoms with Crippen LogP contribution in [-0.4, -0.2) is 44.5 Å². The highest BCUT2D eigenvalue weighted by Gasteiger charge is 2.07. The van der Waals surface area contributed by atoms with E-state index in [4.69, 9.17) is 14.2 Å². The molecule has 0 saturated heterocycles. The first-order chi connectivity index (χ1) is 14.6. The fourth-order valence-electron chi connectivity index (χ4n) is 2.92. The molecule has 0 saturated carbocycles. The van der Waals surface area contributed by atoms with Crippen molar-refractivity contribution in [1.29, 1.82) is 0 Å². The summed E-state index contributed by atoms with van der Waals surface area (Å²) in [6, 6.07) is 11.3. The number of methoxy groups -OCH3 is 1. The van der Waals surface area contributed by atoms with Crippen molar-refractivity contribution in [1.82, 2.24) is 10.6 Å². The number of ether oxygens (including phenoxy) is 3. The van der Waals surface area contributed by atoms with Crippen LogP contribution in [0.4, 0.5) is 0 Å². The first-order valence-electron chi connectivity index (χ1n) is 10.4. The molecule has 0 aliphatic carbocycles. The first kappa shape index (κ1) is 23.2. The molecular formula is C23H33N3O4. The van der Waals surface area contributed by atoms with Gasteiger partial charge in [-0.15, -0.1) is 0 Å². The number of rotatable bonds is 11. The summed E-state index contributed by atoms with van der Waals surface area (Å²) in [7, 11) is 1.53. The van der Waals surface area contributed by atoms with Crippen molar-refractivity contribution >= 4 is 5.96 Å². The molecule has 2 aromatic carbocycles. The average molecular weight is 416 g/mol. The third-order valence-corrected chi connectivity index (χ3v) is 4.32. The summed E-state index contributed by atoms with van der Waals surface area (Å²) in [5.41, 5.74) is 2.06. The molecule has 0 radical (unpaired) electrons. The molecule has 2 aromatic rings. The van der Waals surface area contributed by atoms with Crippen molar-refractivity contribution in [3.63, 3.8) is 0 Å². The van der Waals surface area contributed by atoms with Gasteiger partial charge in [-0.05, 0) is 62.6 Å². The van der Waals surface area contributed by atoms with Crippen LogP contribution in [0.15, 0.2) is 41.4 Å². The van der Waals surface area contributed by atoms with Crippen LogP contribution in [0.2, 0.25) is 0 Å². The van der Waals surface area contributed by atoms with E-state index in [0.29, 0.717) is 25.5 Å². The number of aromatic hydroxyl groups is 1. The van der Waals surface area contributed by atoms with Crippen molar-refractivity contribution in [2.45, 2.75) is 33.7 Å². The SMILES string of the molecule is CCNC(=NCc1ccc(OC)c(O)c1)NCCc1ccc(OCC)c(OCC)c1. The molecule has 0 spiro atoms. The van der Waals surface area contributed by atoms with E-state index in [2.05, 4.69) is 21.7 Å². The predicted octanol–water partition coefficient (Wildman–Crippen LogP) is 3.50. The third-order valence-electron chi connectivity index (χ3n) is 4.32. The minimum absolute atomic E-state index is 0.115. The molecule has 7 nitrogen and oxygen atoms in total. The van der Waals surface area contributed by atoms with E-state index < -0.39 is 0 Å². The maximum absolute atomic E-state index is 9.92. The van der Waals surface area contributed by atoms with E-state index in [1.165, 1.54) is 7.11 Å². The van der Waals surface area contributed by atoms with Crippen LogP contribution in [-0.2, 0) is 13.0 Å². The van der Waals surface area contributed by atoms with Gasteiger partial charge in [0.2, 0.25) is 0 Å². The lowest BCUT2D eigenvalue weighted by atomic mass is 10.1. The van der Waals surface area contributed by atoms with E-state index in [-0.39, 0.29) is 5.75 Å². The molecular weight excluding hydrogens is 382 g/mol. The van der Waals surface area contributed by atoms with Gasteiger partial charge in [-0.3, -0.25) is 0 Å². The Morgan fingerprint density at radius 3 is 2.27 bits per heavy atom. The van der Waals surface area contributed by atoms with Crippen LogP contribution >= 0.6 is 0 Å². The van der Waals surface area contributed by atoms with Gasteiger partial charge in [-0.25, -0.2) is 4.99 Å². The highest BCUT2D eigenvalue weighted by molar-refractivity contribution is 5.79. The summed E-state index contributed by atoms with van der Waals surface area (Å²) in [5.74, 6) is 2.84. The predicted molar refractivity (Wildman–Crippen MR) is 120 cm³/mol. The molecule has 7 heteroatoms. The third kappa shape index (κ3) is 7.06. The Labute approximate surface area is 179 Å². The fraction of sp³-hybridized carbons (Fsp3) is 0.435. The molecule has 0 aliphatic rings. The first-order valence-corrected chi connectivity index (χ1v) is 10.4. The lowest BCUT2D eigenvalue weighted by molar-refractivity contribution is 0.287. The Morgan fingerprint density at radius 1 is 0.900 bits per heavy atom. The van der Waals surface area contributed by atoms with E-state index in [0.717, 1.165) is 48.1 Å². The number of phenols is 1.